The summed E-state index contributed by atoms with van der Waals surface area (Å²) in [4.78, 5) is 24.3. The number of alkyl halides is 3. The number of benzene rings is 1. The Bertz CT molecular complexity index is 665. The molecule has 0 aromatic heterocycles. The second-order valence-electron chi connectivity index (χ2n) is 6.88. The summed E-state index contributed by atoms with van der Waals surface area (Å²) in [6.07, 6.45) is -4.87. The molecule has 4 nitrogen and oxygen atoms in total. The standard InChI is InChI=1S/C16H18F4N2O2/c1-15(2,3)10-7-21-13(23)12(10)14(24)22-8-4-5-11(17)9(6-8)16(18,19)20/h4-6,10,12H,7H2,1-3H3,(H,21,23)(H,22,24)/t10-,12-/m1/s1. The van der Waals surface area contributed by atoms with E-state index >= 15 is 0 Å². The van der Waals surface area contributed by atoms with Crippen molar-refractivity contribution in [1.29, 1.82) is 0 Å². The first-order valence-corrected chi connectivity index (χ1v) is 7.36. The summed E-state index contributed by atoms with van der Waals surface area (Å²) in [7, 11) is 0. The van der Waals surface area contributed by atoms with E-state index in [4.69, 9.17) is 0 Å². The van der Waals surface area contributed by atoms with Gasteiger partial charge in [-0.05, 0) is 23.6 Å². The van der Waals surface area contributed by atoms with E-state index < -0.39 is 35.3 Å². The van der Waals surface area contributed by atoms with Gasteiger partial charge in [-0.3, -0.25) is 9.59 Å². The lowest BCUT2D eigenvalue weighted by atomic mass is 9.74. The van der Waals surface area contributed by atoms with Gasteiger partial charge in [-0.1, -0.05) is 20.8 Å². The molecular formula is C16H18F4N2O2. The van der Waals surface area contributed by atoms with Gasteiger partial charge < -0.3 is 10.6 Å². The van der Waals surface area contributed by atoms with E-state index in [2.05, 4.69) is 10.6 Å². The SMILES string of the molecule is CC(C)(C)[C@@H]1CNC(=O)[C@@H]1C(=O)Nc1ccc(F)c(C(F)(F)F)c1. The highest BCUT2D eigenvalue weighted by atomic mass is 19.4. The van der Waals surface area contributed by atoms with Crippen LogP contribution in [0.15, 0.2) is 18.2 Å². The molecule has 1 aliphatic heterocycles. The average Bonchev–Trinajstić information content (AvgIpc) is 2.81. The first-order valence-electron chi connectivity index (χ1n) is 7.36. The molecular weight excluding hydrogens is 328 g/mol. The van der Waals surface area contributed by atoms with Crippen molar-refractivity contribution in [2.45, 2.75) is 26.9 Å². The molecule has 8 heteroatoms. The van der Waals surface area contributed by atoms with Crippen LogP contribution in [0, 0.1) is 23.1 Å². The maximum Gasteiger partial charge on any atom is 0.419 e. The predicted molar refractivity (Wildman–Crippen MR) is 79.5 cm³/mol. The molecule has 0 aliphatic carbocycles. The third-order valence-corrected chi connectivity index (χ3v) is 4.12. The van der Waals surface area contributed by atoms with Crippen LogP contribution in [0.25, 0.3) is 0 Å². The van der Waals surface area contributed by atoms with Crippen LogP contribution in [-0.2, 0) is 15.8 Å². The molecule has 24 heavy (non-hydrogen) atoms. The fourth-order valence-corrected chi connectivity index (χ4v) is 2.77. The Balaban J connectivity index is 2.25. The van der Waals surface area contributed by atoms with Gasteiger partial charge in [-0.15, -0.1) is 0 Å². The summed E-state index contributed by atoms with van der Waals surface area (Å²) in [6.45, 7) is 5.94. The Labute approximate surface area is 136 Å². The summed E-state index contributed by atoms with van der Waals surface area (Å²) in [5.41, 5.74) is -2.02. The van der Waals surface area contributed by atoms with Crippen molar-refractivity contribution in [3.05, 3.63) is 29.6 Å². The van der Waals surface area contributed by atoms with Crippen LogP contribution >= 0.6 is 0 Å². The van der Waals surface area contributed by atoms with Crippen molar-refractivity contribution < 1.29 is 27.2 Å². The number of nitrogens with one attached hydrogen (secondary N) is 2. The minimum Gasteiger partial charge on any atom is -0.355 e. The summed E-state index contributed by atoms with van der Waals surface area (Å²) >= 11 is 0. The zero-order valence-electron chi connectivity index (χ0n) is 13.4. The van der Waals surface area contributed by atoms with Crippen LogP contribution in [0.2, 0.25) is 0 Å². The molecule has 1 aliphatic rings. The third-order valence-electron chi connectivity index (χ3n) is 4.12. The van der Waals surface area contributed by atoms with E-state index in [1.54, 1.807) is 0 Å². The molecule has 1 aromatic rings. The van der Waals surface area contributed by atoms with Gasteiger partial charge in [-0.25, -0.2) is 4.39 Å². The molecule has 1 saturated heterocycles. The van der Waals surface area contributed by atoms with Gasteiger partial charge in [0.2, 0.25) is 11.8 Å². The molecule has 0 unspecified atom stereocenters. The monoisotopic (exact) mass is 346 g/mol. The van der Waals surface area contributed by atoms with Gasteiger partial charge in [0.05, 0.1) is 5.56 Å². The normalized spacial score (nSPS) is 21.5. The Morgan fingerprint density at radius 3 is 2.42 bits per heavy atom. The summed E-state index contributed by atoms with van der Waals surface area (Å²) in [5.74, 6) is -3.90. The van der Waals surface area contributed by atoms with Crippen LogP contribution in [0.5, 0.6) is 0 Å². The number of rotatable bonds is 2. The molecule has 2 atom stereocenters. The van der Waals surface area contributed by atoms with Crippen LogP contribution < -0.4 is 10.6 Å². The molecule has 1 heterocycles. The molecule has 0 saturated carbocycles. The number of carbonyl (C=O) groups excluding carboxylic acids is 2. The second kappa shape index (κ2) is 6.07. The summed E-state index contributed by atoms with van der Waals surface area (Å²) in [5, 5.41) is 4.89. The third kappa shape index (κ3) is 3.68. The molecule has 1 fully saturated rings. The molecule has 0 bridgehead atoms. The van der Waals surface area contributed by atoms with Gasteiger partial charge in [0.15, 0.2) is 0 Å². The van der Waals surface area contributed by atoms with Gasteiger partial charge >= 0.3 is 6.18 Å². The molecule has 2 amide bonds. The first-order chi connectivity index (χ1) is 10.9. The number of hydrogen-bond acceptors (Lipinski definition) is 2. The topological polar surface area (TPSA) is 58.2 Å². The smallest absolute Gasteiger partial charge is 0.355 e. The van der Waals surface area contributed by atoms with Crippen LogP contribution in [-0.4, -0.2) is 18.4 Å². The highest BCUT2D eigenvalue weighted by Gasteiger charge is 2.45. The number of halogens is 4. The first kappa shape index (κ1) is 18.2. The Morgan fingerprint density at radius 1 is 1.25 bits per heavy atom. The van der Waals surface area contributed by atoms with E-state index in [9.17, 15) is 27.2 Å². The lowest BCUT2D eigenvalue weighted by Crippen LogP contribution is -2.37. The minimum absolute atomic E-state index is 0.207. The van der Waals surface area contributed by atoms with Crippen molar-refractivity contribution in [2.24, 2.45) is 17.3 Å². The van der Waals surface area contributed by atoms with Crippen LogP contribution in [0.3, 0.4) is 0 Å². The van der Waals surface area contributed by atoms with Crippen molar-refractivity contribution >= 4 is 17.5 Å². The highest BCUT2D eigenvalue weighted by molar-refractivity contribution is 6.08. The zero-order valence-corrected chi connectivity index (χ0v) is 13.4. The van der Waals surface area contributed by atoms with E-state index in [1.165, 1.54) is 0 Å². The fraction of sp³-hybridized carbons (Fsp3) is 0.500. The van der Waals surface area contributed by atoms with E-state index in [0.29, 0.717) is 18.7 Å². The molecule has 0 spiro atoms. The van der Waals surface area contributed by atoms with Crippen molar-refractivity contribution in [3.63, 3.8) is 0 Å². The van der Waals surface area contributed by atoms with E-state index in [1.807, 2.05) is 20.8 Å². The van der Waals surface area contributed by atoms with Gasteiger partial charge in [0.1, 0.15) is 11.7 Å². The number of amides is 2. The second-order valence-corrected chi connectivity index (χ2v) is 6.88. The predicted octanol–water partition coefficient (Wildman–Crippen LogP) is 3.19. The van der Waals surface area contributed by atoms with Crippen LogP contribution in [0.4, 0.5) is 23.2 Å². The zero-order chi connectivity index (χ0) is 18.3. The minimum atomic E-state index is -4.87. The molecule has 132 valence electrons. The Hall–Kier alpha value is -2.12. The maximum absolute atomic E-state index is 13.3. The summed E-state index contributed by atoms with van der Waals surface area (Å²) < 4.78 is 51.5. The average molecular weight is 346 g/mol. The van der Waals surface area contributed by atoms with Gasteiger partial charge in [0, 0.05) is 18.2 Å². The van der Waals surface area contributed by atoms with E-state index in [-0.39, 0.29) is 17.0 Å². The molecule has 2 N–H and O–H groups in total. The molecule has 2 rings (SSSR count). The van der Waals surface area contributed by atoms with Gasteiger partial charge in [0.25, 0.3) is 0 Å². The van der Waals surface area contributed by atoms with Crippen molar-refractivity contribution in [1.82, 2.24) is 5.32 Å². The Kier molecular flexibility index (Phi) is 4.61. The molecule has 0 radical (unpaired) electrons. The molecule has 1 aromatic carbocycles. The Morgan fingerprint density at radius 2 is 1.88 bits per heavy atom. The van der Waals surface area contributed by atoms with Crippen LogP contribution in [0.1, 0.15) is 26.3 Å². The van der Waals surface area contributed by atoms with Crippen molar-refractivity contribution in [2.75, 3.05) is 11.9 Å². The highest BCUT2D eigenvalue weighted by Crippen LogP contribution is 2.36. The lowest BCUT2D eigenvalue weighted by Gasteiger charge is -2.29. The number of hydrogen-bond donors (Lipinski definition) is 2. The van der Waals surface area contributed by atoms with Crippen molar-refractivity contribution in [3.8, 4) is 0 Å². The number of carbonyl (C=O) groups is 2. The number of anilines is 1. The largest absolute Gasteiger partial charge is 0.419 e. The van der Waals surface area contributed by atoms with E-state index in [0.717, 1.165) is 6.07 Å². The fourth-order valence-electron chi connectivity index (χ4n) is 2.77. The lowest BCUT2D eigenvalue weighted by molar-refractivity contribution is -0.140. The van der Waals surface area contributed by atoms with Gasteiger partial charge in [-0.2, -0.15) is 13.2 Å². The maximum atomic E-state index is 13.3. The quantitative estimate of drug-likeness (QED) is 0.638. The summed E-state index contributed by atoms with van der Waals surface area (Å²) in [6, 6.07) is 2.18.